The first kappa shape index (κ1) is 62.5. The minimum atomic E-state index is -3.89. The molecular formula is C60H78N6O12S2. The molecule has 432 valence electrons. The Morgan fingerprint density at radius 3 is 1.36 bits per heavy atom. The molecule has 5 aromatic rings. The van der Waals surface area contributed by atoms with Crippen LogP contribution < -0.4 is 20.1 Å². The van der Waals surface area contributed by atoms with Crippen LogP contribution in [0.1, 0.15) is 80.2 Å². The van der Waals surface area contributed by atoms with Crippen molar-refractivity contribution in [2.45, 2.75) is 120 Å². The summed E-state index contributed by atoms with van der Waals surface area (Å²) in [5.74, 6) is -2.18. The first-order chi connectivity index (χ1) is 38.3. The fourth-order valence-corrected chi connectivity index (χ4v) is 13.0. The number of amides is 2. The maximum atomic E-state index is 13.2. The van der Waals surface area contributed by atoms with Gasteiger partial charge in [-0.25, -0.2) is 26.4 Å². The van der Waals surface area contributed by atoms with E-state index in [4.69, 9.17) is 9.47 Å². The molecule has 4 atom stereocenters. The Kier molecular flexibility index (Phi) is 23.6. The van der Waals surface area contributed by atoms with Crippen molar-refractivity contribution in [2.75, 3.05) is 59.5 Å². The molecule has 2 aliphatic rings. The van der Waals surface area contributed by atoms with E-state index in [1.165, 1.54) is 38.4 Å². The second kappa shape index (κ2) is 30.2. The molecule has 0 bridgehead atoms. The van der Waals surface area contributed by atoms with Gasteiger partial charge in [-0.15, -0.1) is 0 Å². The molecule has 0 unspecified atom stereocenters. The molecule has 0 aliphatic carbocycles. The highest BCUT2D eigenvalue weighted by atomic mass is 32.2. The number of carbonyl (C=O) groups excluding carboxylic acids is 2. The van der Waals surface area contributed by atoms with E-state index >= 15 is 0 Å². The minimum Gasteiger partial charge on any atom is -0.494 e. The molecular weight excluding hydrogens is 1060 g/mol. The van der Waals surface area contributed by atoms with Gasteiger partial charge in [0.05, 0.1) is 23.0 Å². The number of benzene rings is 5. The van der Waals surface area contributed by atoms with Crippen molar-refractivity contribution in [3.63, 3.8) is 0 Å². The molecule has 2 saturated heterocycles. The van der Waals surface area contributed by atoms with Crippen LogP contribution in [-0.4, -0.2) is 153 Å². The summed E-state index contributed by atoms with van der Waals surface area (Å²) in [7, 11) is -5.69. The Bertz CT molecular complexity index is 3000. The van der Waals surface area contributed by atoms with Crippen molar-refractivity contribution < 1.29 is 55.7 Å². The lowest BCUT2D eigenvalue weighted by atomic mass is 10.1. The summed E-state index contributed by atoms with van der Waals surface area (Å²) in [6, 6.07) is 33.2. The van der Waals surface area contributed by atoms with Crippen LogP contribution in [0.4, 0.5) is 0 Å². The monoisotopic (exact) mass is 1140 g/mol. The van der Waals surface area contributed by atoms with E-state index in [0.29, 0.717) is 56.0 Å². The van der Waals surface area contributed by atoms with Crippen LogP contribution in [0.2, 0.25) is 0 Å². The Morgan fingerprint density at radius 2 is 0.975 bits per heavy atom. The molecule has 2 amide bonds. The number of hydrogen-bond donors (Lipinski definition) is 4. The number of nitrogens with one attached hydrogen (secondary N) is 2. The number of aryl methyl sites for hydroxylation is 2. The number of rotatable bonds is 28. The van der Waals surface area contributed by atoms with Crippen molar-refractivity contribution in [1.82, 2.24) is 29.0 Å². The molecule has 2 fully saturated rings. The fraction of sp³-hybridized carbons (Fsp3) is 0.433. The van der Waals surface area contributed by atoms with E-state index in [1.54, 1.807) is 72.8 Å². The highest BCUT2D eigenvalue weighted by molar-refractivity contribution is 7.89. The van der Waals surface area contributed by atoms with E-state index in [1.807, 2.05) is 32.0 Å². The van der Waals surface area contributed by atoms with Crippen molar-refractivity contribution in [3.05, 3.63) is 155 Å². The molecule has 80 heavy (non-hydrogen) atoms. The second-order valence-electron chi connectivity index (χ2n) is 20.3. The summed E-state index contributed by atoms with van der Waals surface area (Å²) < 4.78 is 66.8. The van der Waals surface area contributed by atoms with Crippen molar-refractivity contribution in [1.29, 1.82) is 0 Å². The Balaban J connectivity index is 0.000000259. The fourth-order valence-electron chi connectivity index (χ4n) is 9.64. The number of carboxylic acid groups (broad SMARTS) is 2. The molecule has 0 aromatic heterocycles. The summed E-state index contributed by atoms with van der Waals surface area (Å²) in [6.07, 6.45) is 3.61. The SMILES string of the molecule is CCN(CC)CCCOc1ccc(C[C@H](NC(=O)[C@@H]2CCCN2S(=O)(=O)c2ccc(C)cc2)C(=O)O)cc1.Cc1ccc(S(=O)(=O)N2CCC[C@H]2C(=O)N[C@@H](Cc2ccc(OCCCN(C)Cc3ccccc3)cc2)C(=O)O)cc1. The maximum Gasteiger partial charge on any atom is 0.326 e. The van der Waals surface area contributed by atoms with Gasteiger partial charge in [0, 0.05) is 45.6 Å². The van der Waals surface area contributed by atoms with E-state index in [0.717, 1.165) is 62.3 Å². The summed E-state index contributed by atoms with van der Waals surface area (Å²) in [5, 5.41) is 24.7. The quantitative estimate of drug-likeness (QED) is 0.0372. The third kappa shape index (κ3) is 18.2. The van der Waals surface area contributed by atoms with Gasteiger partial charge in [-0.05, 0) is 138 Å². The molecule has 0 radical (unpaired) electrons. The number of ether oxygens (including phenoxy) is 2. The number of sulfonamides is 2. The van der Waals surface area contributed by atoms with Gasteiger partial charge in [0.2, 0.25) is 31.9 Å². The molecule has 2 aliphatic heterocycles. The molecule has 20 heteroatoms. The molecule has 7 rings (SSSR count). The average Bonchev–Trinajstić information content (AvgIpc) is 4.18. The predicted octanol–water partition coefficient (Wildman–Crippen LogP) is 6.93. The van der Waals surface area contributed by atoms with Gasteiger partial charge >= 0.3 is 11.9 Å². The zero-order valence-electron chi connectivity index (χ0n) is 46.5. The third-order valence-electron chi connectivity index (χ3n) is 14.3. The Labute approximate surface area is 472 Å². The summed E-state index contributed by atoms with van der Waals surface area (Å²) in [6.45, 7) is 14.3. The van der Waals surface area contributed by atoms with Crippen LogP contribution in [0.5, 0.6) is 11.5 Å². The van der Waals surface area contributed by atoms with E-state index < -0.39 is 68.0 Å². The van der Waals surface area contributed by atoms with Crippen LogP contribution in [-0.2, 0) is 58.6 Å². The number of aliphatic carboxylic acids is 2. The Morgan fingerprint density at radius 1 is 0.575 bits per heavy atom. The zero-order valence-corrected chi connectivity index (χ0v) is 48.2. The molecule has 18 nitrogen and oxygen atoms in total. The van der Waals surface area contributed by atoms with Gasteiger partial charge in [0.25, 0.3) is 0 Å². The maximum absolute atomic E-state index is 13.2. The summed E-state index contributed by atoms with van der Waals surface area (Å²) in [5.41, 5.74) is 4.56. The topological polar surface area (TPSA) is 232 Å². The highest BCUT2D eigenvalue weighted by Gasteiger charge is 2.42. The minimum absolute atomic E-state index is 0.0586. The number of carboxylic acids is 2. The number of hydrogen-bond acceptors (Lipinski definition) is 12. The van der Waals surface area contributed by atoms with Crippen molar-refractivity contribution >= 4 is 43.8 Å². The smallest absolute Gasteiger partial charge is 0.326 e. The molecule has 0 spiro atoms. The van der Waals surface area contributed by atoms with E-state index in [-0.39, 0.29) is 35.7 Å². The van der Waals surface area contributed by atoms with Crippen LogP contribution in [0, 0.1) is 13.8 Å². The van der Waals surface area contributed by atoms with Crippen LogP contribution >= 0.6 is 0 Å². The van der Waals surface area contributed by atoms with Crippen molar-refractivity contribution in [3.8, 4) is 11.5 Å². The highest BCUT2D eigenvalue weighted by Crippen LogP contribution is 2.29. The van der Waals surface area contributed by atoms with Gasteiger partial charge in [-0.1, -0.05) is 104 Å². The average molecular weight is 1140 g/mol. The predicted molar refractivity (Wildman–Crippen MR) is 306 cm³/mol. The van der Waals surface area contributed by atoms with E-state index in [2.05, 4.69) is 53.5 Å². The zero-order chi connectivity index (χ0) is 57.8. The lowest BCUT2D eigenvalue weighted by Gasteiger charge is -2.25. The van der Waals surface area contributed by atoms with Gasteiger partial charge < -0.3 is 40.1 Å². The third-order valence-corrected chi connectivity index (χ3v) is 18.1. The summed E-state index contributed by atoms with van der Waals surface area (Å²) >= 11 is 0. The van der Waals surface area contributed by atoms with Crippen LogP contribution in [0.15, 0.2) is 137 Å². The van der Waals surface area contributed by atoms with Crippen LogP contribution in [0.25, 0.3) is 0 Å². The number of nitrogens with zero attached hydrogens (tertiary/aromatic N) is 4. The molecule has 0 saturated carbocycles. The van der Waals surface area contributed by atoms with E-state index in [9.17, 15) is 46.2 Å². The first-order valence-corrected chi connectivity index (χ1v) is 30.3. The molecule has 2 heterocycles. The normalized spacial score (nSPS) is 16.6. The number of carbonyl (C=O) groups is 4. The van der Waals surface area contributed by atoms with Crippen LogP contribution in [0.3, 0.4) is 0 Å². The molecule has 5 aromatic carbocycles. The Hall–Kier alpha value is -6.68. The lowest BCUT2D eigenvalue weighted by molar-refractivity contribution is -0.142. The standard InChI is InChI=1S/C32H39N3O6S.C28H39N3O6S/c1-24-11-17-28(18-12-24)42(39,40)35-20-6-10-30(35)31(36)33-29(32(37)38)22-25-13-15-27(16-14-25)41-21-7-19-34(2)23-26-8-4-3-5-9-26;1-4-30(5-2)17-7-19-37-23-13-11-22(12-14-23)20-25(28(33)34)29-27(32)26-8-6-18-31(26)38(35,36)24-15-9-21(3)10-16-24/h3-5,8-9,11-18,29-30H,6-7,10,19-23H2,1-2H3,(H,33,36)(H,37,38);9-16,25-26H,4-8,17-20H2,1-3H3,(H,29,32)(H,33,34)/t29-,30-;25-,26-/m00/s1. The van der Waals surface area contributed by atoms with Gasteiger partial charge in [0.15, 0.2) is 0 Å². The van der Waals surface area contributed by atoms with Crippen molar-refractivity contribution in [2.24, 2.45) is 0 Å². The van der Waals surface area contributed by atoms with Gasteiger partial charge in [-0.2, -0.15) is 8.61 Å². The lowest BCUT2D eigenvalue weighted by Crippen LogP contribution is -2.51. The summed E-state index contributed by atoms with van der Waals surface area (Å²) in [4.78, 5) is 55.0. The van der Waals surface area contributed by atoms with Gasteiger partial charge in [-0.3, -0.25) is 9.59 Å². The largest absolute Gasteiger partial charge is 0.494 e. The molecule has 4 N–H and O–H groups in total. The van der Waals surface area contributed by atoms with Gasteiger partial charge in [0.1, 0.15) is 35.7 Å². The second-order valence-corrected chi connectivity index (χ2v) is 24.1. The first-order valence-electron chi connectivity index (χ1n) is 27.4.